The summed E-state index contributed by atoms with van der Waals surface area (Å²) in [7, 11) is 0. The van der Waals surface area contributed by atoms with Crippen LogP contribution in [0, 0.1) is 5.82 Å². The number of aromatic carboxylic acids is 1. The van der Waals surface area contributed by atoms with Gasteiger partial charge in [-0.15, -0.1) is 0 Å². The number of carboxylic acids is 1. The minimum absolute atomic E-state index is 0.00998. The van der Waals surface area contributed by atoms with Crippen molar-refractivity contribution >= 4 is 17.7 Å². The molecular weight excluding hydrogens is 291 g/mol. The Balaban J connectivity index is 2.35. The van der Waals surface area contributed by atoms with Gasteiger partial charge in [-0.1, -0.05) is 0 Å². The molecule has 0 spiro atoms. The van der Waals surface area contributed by atoms with Crippen LogP contribution in [-0.4, -0.2) is 35.9 Å². The smallest absolute Gasteiger partial charge is 0.407 e. The third-order valence-electron chi connectivity index (χ3n) is 2.55. The van der Waals surface area contributed by atoms with Gasteiger partial charge in [0.1, 0.15) is 11.4 Å². The summed E-state index contributed by atoms with van der Waals surface area (Å²) in [6.07, 6.45) is 0.0299. The van der Waals surface area contributed by atoms with Crippen molar-refractivity contribution < 1.29 is 23.8 Å². The summed E-state index contributed by atoms with van der Waals surface area (Å²) >= 11 is 0. The first kappa shape index (κ1) is 17.7. The minimum Gasteiger partial charge on any atom is -0.478 e. The van der Waals surface area contributed by atoms with Gasteiger partial charge in [-0.05, 0) is 45.4 Å². The summed E-state index contributed by atoms with van der Waals surface area (Å²) in [4.78, 5) is 22.2. The highest BCUT2D eigenvalue weighted by Gasteiger charge is 2.15. The van der Waals surface area contributed by atoms with Gasteiger partial charge in [0.25, 0.3) is 0 Å². The Labute approximate surface area is 128 Å². The predicted molar refractivity (Wildman–Crippen MR) is 80.7 cm³/mol. The number of rotatable bonds is 6. The van der Waals surface area contributed by atoms with Crippen LogP contribution in [0.5, 0.6) is 0 Å². The lowest BCUT2D eigenvalue weighted by Gasteiger charge is -2.19. The molecule has 3 N–H and O–H groups in total. The maximum absolute atomic E-state index is 13.5. The van der Waals surface area contributed by atoms with Gasteiger partial charge < -0.3 is 20.5 Å². The van der Waals surface area contributed by atoms with E-state index in [-0.39, 0.29) is 11.3 Å². The van der Waals surface area contributed by atoms with Crippen LogP contribution in [0.2, 0.25) is 0 Å². The molecule has 1 amide bonds. The number of ether oxygens (including phenoxy) is 1. The average molecular weight is 312 g/mol. The molecule has 0 aromatic heterocycles. The van der Waals surface area contributed by atoms with Gasteiger partial charge in [-0.2, -0.15) is 0 Å². The molecule has 0 aliphatic carbocycles. The summed E-state index contributed by atoms with van der Waals surface area (Å²) in [5.41, 5.74) is -0.420. The molecule has 1 rings (SSSR count). The van der Waals surface area contributed by atoms with E-state index in [4.69, 9.17) is 9.84 Å². The lowest BCUT2D eigenvalue weighted by atomic mass is 10.2. The van der Waals surface area contributed by atoms with Crippen molar-refractivity contribution in [3.8, 4) is 0 Å². The molecule has 7 heteroatoms. The number of carbonyl (C=O) groups is 2. The Hall–Kier alpha value is -2.31. The molecule has 0 bridgehead atoms. The van der Waals surface area contributed by atoms with Gasteiger partial charge >= 0.3 is 12.1 Å². The lowest BCUT2D eigenvalue weighted by Crippen LogP contribution is -2.33. The number of benzene rings is 1. The van der Waals surface area contributed by atoms with Crippen LogP contribution in [0.4, 0.5) is 14.9 Å². The first-order valence-corrected chi connectivity index (χ1v) is 6.92. The van der Waals surface area contributed by atoms with Crippen molar-refractivity contribution in [3.63, 3.8) is 0 Å². The number of nitrogens with one attached hydrogen (secondary N) is 2. The molecule has 0 radical (unpaired) electrons. The zero-order valence-corrected chi connectivity index (χ0v) is 12.9. The maximum Gasteiger partial charge on any atom is 0.407 e. The molecule has 22 heavy (non-hydrogen) atoms. The third-order valence-corrected chi connectivity index (χ3v) is 2.55. The van der Waals surface area contributed by atoms with E-state index in [1.54, 1.807) is 20.8 Å². The molecule has 0 fully saturated rings. The van der Waals surface area contributed by atoms with Crippen LogP contribution in [0.1, 0.15) is 37.6 Å². The summed E-state index contributed by atoms with van der Waals surface area (Å²) in [6, 6.07) is 3.54. The summed E-state index contributed by atoms with van der Waals surface area (Å²) < 4.78 is 18.6. The minimum atomic E-state index is -1.12. The zero-order chi connectivity index (χ0) is 16.8. The molecular formula is C15H21FN2O4. The van der Waals surface area contributed by atoms with Gasteiger partial charge in [0.2, 0.25) is 0 Å². The maximum atomic E-state index is 13.5. The number of carbonyl (C=O) groups excluding carboxylic acids is 1. The topological polar surface area (TPSA) is 87.7 Å². The van der Waals surface area contributed by atoms with E-state index < -0.39 is 23.5 Å². The highest BCUT2D eigenvalue weighted by molar-refractivity contribution is 5.88. The van der Waals surface area contributed by atoms with Crippen LogP contribution < -0.4 is 10.6 Å². The molecule has 0 saturated heterocycles. The fourth-order valence-corrected chi connectivity index (χ4v) is 1.61. The Kier molecular flexibility index (Phi) is 6.15. The zero-order valence-electron chi connectivity index (χ0n) is 12.9. The van der Waals surface area contributed by atoms with Crippen molar-refractivity contribution in [3.05, 3.63) is 29.6 Å². The number of alkyl carbamates (subject to hydrolysis) is 1. The fraction of sp³-hybridized carbons (Fsp3) is 0.467. The van der Waals surface area contributed by atoms with E-state index in [2.05, 4.69) is 10.6 Å². The Bertz CT molecular complexity index is 541. The lowest BCUT2D eigenvalue weighted by molar-refractivity contribution is 0.0527. The normalized spacial score (nSPS) is 10.9. The molecule has 0 heterocycles. The monoisotopic (exact) mass is 312 g/mol. The largest absolute Gasteiger partial charge is 0.478 e. The second kappa shape index (κ2) is 7.63. The Morgan fingerprint density at radius 1 is 1.27 bits per heavy atom. The molecule has 0 aliphatic rings. The second-order valence-corrected chi connectivity index (χ2v) is 5.71. The highest BCUT2D eigenvalue weighted by atomic mass is 19.1. The van der Waals surface area contributed by atoms with E-state index >= 15 is 0 Å². The molecule has 0 atom stereocenters. The van der Waals surface area contributed by atoms with Gasteiger partial charge in [0.15, 0.2) is 0 Å². The van der Waals surface area contributed by atoms with Crippen LogP contribution in [0.3, 0.4) is 0 Å². The van der Waals surface area contributed by atoms with Gasteiger partial charge in [0, 0.05) is 13.1 Å². The highest BCUT2D eigenvalue weighted by Crippen LogP contribution is 2.16. The molecule has 1 aromatic carbocycles. The average Bonchev–Trinajstić information content (AvgIpc) is 2.37. The van der Waals surface area contributed by atoms with Crippen LogP contribution in [0.15, 0.2) is 18.2 Å². The first-order valence-electron chi connectivity index (χ1n) is 6.92. The third kappa shape index (κ3) is 6.43. The number of halogens is 1. The SMILES string of the molecule is CC(C)(C)OC(=O)NCCCNc1cc(C(=O)O)ccc1F. The predicted octanol–water partition coefficient (Wildman–Crippen LogP) is 2.85. The Morgan fingerprint density at radius 2 is 1.95 bits per heavy atom. The molecule has 6 nitrogen and oxygen atoms in total. The molecule has 0 aliphatic heterocycles. The van der Waals surface area contributed by atoms with E-state index in [0.29, 0.717) is 19.5 Å². The number of anilines is 1. The van der Waals surface area contributed by atoms with Gasteiger partial charge in [-0.25, -0.2) is 14.0 Å². The number of hydrogen-bond acceptors (Lipinski definition) is 4. The van der Waals surface area contributed by atoms with Gasteiger partial charge in [0.05, 0.1) is 11.3 Å². The van der Waals surface area contributed by atoms with Crippen molar-refractivity contribution in [2.24, 2.45) is 0 Å². The van der Waals surface area contributed by atoms with Crippen molar-refractivity contribution in [1.82, 2.24) is 5.32 Å². The summed E-state index contributed by atoms with van der Waals surface area (Å²) in [5, 5.41) is 14.2. The fourth-order valence-electron chi connectivity index (χ4n) is 1.61. The van der Waals surface area contributed by atoms with Crippen molar-refractivity contribution in [2.75, 3.05) is 18.4 Å². The number of amides is 1. The molecule has 0 unspecified atom stereocenters. The van der Waals surface area contributed by atoms with Crippen molar-refractivity contribution in [1.29, 1.82) is 0 Å². The summed E-state index contributed by atoms with van der Waals surface area (Å²) in [6.45, 7) is 6.06. The van der Waals surface area contributed by atoms with E-state index in [0.717, 1.165) is 6.07 Å². The van der Waals surface area contributed by atoms with Crippen LogP contribution in [0.25, 0.3) is 0 Å². The van der Waals surface area contributed by atoms with Gasteiger partial charge in [-0.3, -0.25) is 0 Å². The first-order chi connectivity index (χ1) is 10.2. The van der Waals surface area contributed by atoms with Crippen LogP contribution >= 0.6 is 0 Å². The quantitative estimate of drug-likeness (QED) is 0.703. The van der Waals surface area contributed by atoms with E-state index in [9.17, 15) is 14.0 Å². The van der Waals surface area contributed by atoms with Crippen LogP contribution in [-0.2, 0) is 4.74 Å². The Morgan fingerprint density at radius 3 is 2.55 bits per heavy atom. The summed E-state index contributed by atoms with van der Waals surface area (Å²) in [5.74, 6) is -1.64. The van der Waals surface area contributed by atoms with E-state index in [1.165, 1.54) is 12.1 Å². The second-order valence-electron chi connectivity index (χ2n) is 5.71. The number of carboxylic acid groups (broad SMARTS) is 1. The molecule has 0 saturated carbocycles. The van der Waals surface area contributed by atoms with E-state index in [1.807, 2.05) is 0 Å². The molecule has 1 aromatic rings. The number of hydrogen-bond donors (Lipinski definition) is 3. The standard InChI is InChI=1S/C15H21FN2O4/c1-15(2,3)22-14(21)18-8-4-7-17-12-9-10(13(19)20)5-6-11(12)16/h5-6,9,17H,4,7-8H2,1-3H3,(H,18,21)(H,19,20). The van der Waals surface area contributed by atoms with Crippen molar-refractivity contribution in [2.45, 2.75) is 32.8 Å². The molecule has 122 valence electrons.